The minimum absolute atomic E-state index is 0.0319. The molecule has 4 aromatic rings. The van der Waals surface area contributed by atoms with Gasteiger partial charge in [-0.25, -0.2) is 4.98 Å². The Balaban J connectivity index is 1.40. The number of anilines is 1. The summed E-state index contributed by atoms with van der Waals surface area (Å²) in [5, 5.41) is 4.43. The highest BCUT2D eigenvalue weighted by atomic mass is 79.9. The van der Waals surface area contributed by atoms with Crippen LogP contribution in [-0.2, 0) is 4.79 Å². The number of likely N-dealkylation sites (tertiary alicyclic amines) is 1. The van der Waals surface area contributed by atoms with Gasteiger partial charge in [-0.3, -0.25) is 9.78 Å². The highest BCUT2D eigenvalue weighted by molar-refractivity contribution is 9.10. The Labute approximate surface area is 231 Å². The van der Waals surface area contributed by atoms with Crippen molar-refractivity contribution in [3.05, 3.63) is 59.0 Å². The molecular formula is C27H26BrF3N6O2. The number of hydrogen-bond acceptors (Lipinski definition) is 6. The number of pyridine rings is 1. The number of nitrogen functional groups attached to an aromatic ring is 1. The van der Waals surface area contributed by atoms with E-state index in [0.29, 0.717) is 40.3 Å². The number of halogens is 4. The summed E-state index contributed by atoms with van der Waals surface area (Å²) in [6, 6.07) is 9.17. The average molecular weight is 603 g/mol. The Kier molecular flexibility index (Phi) is 7.23. The molecule has 12 heteroatoms. The van der Waals surface area contributed by atoms with Crippen molar-refractivity contribution in [2.75, 3.05) is 18.8 Å². The molecule has 3 aromatic heterocycles. The Hall–Kier alpha value is -3.67. The van der Waals surface area contributed by atoms with Crippen LogP contribution in [0, 0.1) is 5.92 Å². The maximum absolute atomic E-state index is 12.4. The molecule has 4 heterocycles. The van der Waals surface area contributed by atoms with E-state index in [-0.39, 0.29) is 23.5 Å². The first-order chi connectivity index (χ1) is 18.5. The van der Waals surface area contributed by atoms with E-state index >= 15 is 0 Å². The predicted octanol–water partition coefficient (Wildman–Crippen LogP) is 6.06. The highest BCUT2D eigenvalue weighted by Gasteiger charge is 2.31. The third-order valence-electron chi connectivity index (χ3n) is 6.79. The summed E-state index contributed by atoms with van der Waals surface area (Å²) in [6.07, 6.45) is 0.173. The average Bonchev–Trinajstić information content (AvgIpc) is 3.34. The zero-order valence-corrected chi connectivity index (χ0v) is 22.8. The lowest BCUT2D eigenvalue weighted by molar-refractivity contribution is -0.274. The van der Waals surface area contributed by atoms with Crippen LogP contribution >= 0.6 is 15.9 Å². The summed E-state index contributed by atoms with van der Waals surface area (Å²) < 4.78 is 43.5. The first-order valence-corrected chi connectivity index (χ1v) is 13.2. The number of amides is 1. The molecule has 39 heavy (non-hydrogen) atoms. The first kappa shape index (κ1) is 26.9. The molecule has 1 aliphatic heterocycles. The summed E-state index contributed by atoms with van der Waals surface area (Å²) in [4.78, 5) is 23.8. The molecule has 0 unspecified atom stereocenters. The Bertz CT molecular complexity index is 1500. The van der Waals surface area contributed by atoms with Gasteiger partial charge < -0.3 is 15.4 Å². The number of carbonyl (C=O) groups excluding carboxylic acids is 1. The summed E-state index contributed by atoms with van der Waals surface area (Å²) >= 11 is 3.61. The van der Waals surface area contributed by atoms with Crippen LogP contribution < -0.4 is 10.5 Å². The van der Waals surface area contributed by atoms with Crippen molar-refractivity contribution >= 4 is 33.3 Å². The lowest BCUT2D eigenvalue weighted by Crippen LogP contribution is -2.40. The molecule has 1 aliphatic rings. The number of hydrogen-bond donors (Lipinski definition) is 1. The third kappa shape index (κ3) is 5.56. The van der Waals surface area contributed by atoms with Crippen LogP contribution in [0.1, 0.15) is 38.3 Å². The largest absolute Gasteiger partial charge is 0.573 e. The number of fused-ring (bicyclic) bond motifs is 1. The van der Waals surface area contributed by atoms with E-state index in [1.165, 1.54) is 24.3 Å². The van der Waals surface area contributed by atoms with E-state index in [4.69, 9.17) is 10.7 Å². The van der Waals surface area contributed by atoms with E-state index in [9.17, 15) is 18.0 Å². The maximum atomic E-state index is 12.4. The van der Waals surface area contributed by atoms with Gasteiger partial charge in [-0.1, -0.05) is 19.9 Å². The van der Waals surface area contributed by atoms with Crippen LogP contribution in [0.5, 0.6) is 5.75 Å². The highest BCUT2D eigenvalue weighted by Crippen LogP contribution is 2.37. The van der Waals surface area contributed by atoms with Crippen LogP contribution in [0.15, 0.2) is 53.3 Å². The van der Waals surface area contributed by atoms with Crippen molar-refractivity contribution < 1.29 is 22.7 Å². The molecule has 0 atom stereocenters. The Morgan fingerprint density at radius 2 is 1.74 bits per heavy atom. The number of rotatable bonds is 5. The zero-order chi connectivity index (χ0) is 27.9. The zero-order valence-electron chi connectivity index (χ0n) is 21.2. The number of nitrogens with zero attached hydrogens (tertiary/aromatic N) is 5. The minimum atomic E-state index is -4.74. The Morgan fingerprint density at radius 3 is 2.33 bits per heavy atom. The van der Waals surface area contributed by atoms with Crippen molar-refractivity contribution in [1.29, 1.82) is 0 Å². The monoisotopic (exact) mass is 602 g/mol. The smallest absolute Gasteiger partial charge is 0.406 e. The fourth-order valence-electron chi connectivity index (χ4n) is 4.78. The van der Waals surface area contributed by atoms with E-state index in [1.54, 1.807) is 23.0 Å². The van der Waals surface area contributed by atoms with Gasteiger partial charge in [-0.2, -0.15) is 9.61 Å². The summed E-state index contributed by atoms with van der Waals surface area (Å²) in [5.74, 6) is 0.408. The topological polar surface area (TPSA) is 98.6 Å². The molecule has 1 saturated heterocycles. The van der Waals surface area contributed by atoms with Gasteiger partial charge >= 0.3 is 6.36 Å². The summed E-state index contributed by atoms with van der Waals surface area (Å²) in [6.45, 7) is 5.16. The number of ether oxygens (including phenoxy) is 1. The molecule has 1 aromatic carbocycles. The van der Waals surface area contributed by atoms with Crippen molar-refractivity contribution in [2.45, 2.75) is 39.0 Å². The Morgan fingerprint density at radius 1 is 1.08 bits per heavy atom. The molecule has 1 fully saturated rings. The van der Waals surface area contributed by atoms with Gasteiger partial charge in [-0.05, 0) is 59.1 Å². The fourth-order valence-corrected chi connectivity index (χ4v) is 5.36. The van der Waals surface area contributed by atoms with Crippen LogP contribution in [0.3, 0.4) is 0 Å². The standard InChI is InChI=1S/C27H26BrF3N6O2/c1-15(2)26(38)36-11-9-17(10-12-36)23-22(28)24(32)37-25(35-23)20(14-34-37)18-5-8-21(33-13-18)16-3-6-19(7-4-16)39-27(29,30)31/h3-8,13-15,17H,9-12,32H2,1-2H3. The SMILES string of the molecule is CC(C)C(=O)N1CCC(c2nc3c(-c4ccc(-c5ccc(OC(F)(F)F)cc5)nc4)cnn3c(N)c2Br)CC1. The van der Waals surface area contributed by atoms with Gasteiger partial charge in [0.1, 0.15) is 11.6 Å². The van der Waals surface area contributed by atoms with E-state index in [0.717, 1.165) is 29.7 Å². The third-order valence-corrected chi connectivity index (χ3v) is 7.61. The molecule has 0 spiro atoms. The van der Waals surface area contributed by atoms with Crippen molar-refractivity contribution in [3.8, 4) is 28.1 Å². The van der Waals surface area contributed by atoms with E-state index in [2.05, 4.69) is 30.7 Å². The lowest BCUT2D eigenvalue weighted by Gasteiger charge is -2.33. The van der Waals surface area contributed by atoms with Gasteiger partial charge in [0.25, 0.3) is 0 Å². The van der Waals surface area contributed by atoms with Crippen molar-refractivity contribution in [2.24, 2.45) is 5.92 Å². The number of piperidine rings is 1. The number of benzene rings is 1. The van der Waals surface area contributed by atoms with E-state index < -0.39 is 6.36 Å². The minimum Gasteiger partial charge on any atom is -0.406 e. The van der Waals surface area contributed by atoms with Crippen LogP contribution in [0.2, 0.25) is 0 Å². The van der Waals surface area contributed by atoms with Crippen molar-refractivity contribution in [1.82, 2.24) is 24.5 Å². The summed E-state index contributed by atoms with van der Waals surface area (Å²) in [5.41, 5.74) is 10.6. The molecule has 0 radical (unpaired) electrons. The molecular weight excluding hydrogens is 577 g/mol. The normalized spacial score (nSPS) is 14.8. The van der Waals surface area contributed by atoms with Crippen molar-refractivity contribution in [3.63, 3.8) is 0 Å². The van der Waals surface area contributed by atoms with Crippen LogP contribution in [-0.4, -0.2) is 49.8 Å². The molecule has 0 bridgehead atoms. The van der Waals surface area contributed by atoms with Crippen LogP contribution in [0.4, 0.5) is 19.0 Å². The molecule has 0 aliphatic carbocycles. The number of alkyl halides is 3. The molecule has 5 rings (SSSR count). The van der Waals surface area contributed by atoms with Crippen LogP contribution in [0.25, 0.3) is 28.0 Å². The van der Waals surface area contributed by atoms with Gasteiger partial charge in [0.05, 0.1) is 22.1 Å². The molecule has 1 amide bonds. The lowest BCUT2D eigenvalue weighted by atomic mass is 9.92. The number of carbonyl (C=O) groups is 1. The molecule has 8 nitrogen and oxygen atoms in total. The quantitative estimate of drug-likeness (QED) is 0.298. The second kappa shape index (κ2) is 10.5. The first-order valence-electron chi connectivity index (χ1n) is 12.5. The maximum Gasteiger partial charge on any atom is 0.573 e. The molecule has 0 saturated carbocycles. The fraction of sp³-hybridized carbons (Fsp3) is 0.333. The van der Waals surface area contributed by atoms with Gasteiger partial charge in [0, 0.05) is 47.8 Å². The molecule has 204 valence electrons. The van der Waals surface area contributed by atoms with E-state index in [1.807, 2.05) is 24.8 Å². The summed E-state index contributed by atoms with van der Waals surface area (Å²) in [7, 11) is 0. The second-order valence-corrected chi connectivity index (χ2v) is 10.5. The van der Waals surface area contributed by atoms with Gasteiger partial charge in [0.15, 0.2) is 5.65 Å². The number of aromatic nitrogens is 4. The predicted molar refractivity (Wildman–Crippen MR) is 144 cm³/mol. The second-order valence-electron chi connectivity index (χ2n) is 9.75. The number of nitrogens with two attached hydrogens (primary N) is 1. The van der Waals surface area contributed by atoms with Gasteiger partial charge in [0.2, 0.25) is 5.91 Å². The van der Waals surface area contributed by atoms with Gasteiger partial charge in [-0.15, -0.1) is 13.2 Å². The molecule has 2 N–H and O–H groups in total.